The van der Waals surface area contributed by atoms with E-state index < -0.39 is 29.8 Å². The number of fused-ring (bicyclic) bond motifs is 3. The molecule has 0 aromatic heterocycles. The average Bonchev–Trinajstić information content (AvgIpc) is 2.61. The number of hydrogen-bond donors (Lipinski definition) is 1. The van der Waals surface area contributed by atoms with Crippen LogP contribution in [-0.2, 0) is 19.1 Å². The van der Waals surface area contributed by atoms with E-state index in [0.29, 0.717) is 12.0 Å². The number of carbonyl (C=O) groups excluding carboxylic acids is 3. The normalized spacial score (nSPS) is 27.0. The highest BCUT2D eigenvalue weighted by Crippen LogP contribution is 2.46. The first-order valence-electron chi connectivity index (χ1n) is 8.90. The van der Waals surface area contributed by atoms with Gasteiger partial charge in [-0.1, -0.05) is 30.4 Å². The fraction of sp³-hybridized carbons (Fsp3) is 0.450. The minimum atomic E-state index is -0.804. The third-order valence-electron chi connectivity index (χ3n) is 5.09. The molecule has 1 aliphatic carbocycles. The Kier molecular flexibility index (Phi) is 5.11. The Labute approximate surface area is 152 Å². The Morgan fingerprint density at radius 3 is 2.50 bits per heavy atom. The number of ether oxygens (including phenoxy) is 2. The maximum Gasteiger partial charge on any atom is 0.311 e. The molecule has 138 valence electrons. The fourth-order valence-corrected chi connectivity index (χ4v) is 4.07. The summed E-state index contributed by atoms with van der Waals surface area (Å²) in [7, 11) is 0. The second-order valence-electron chi connectivity index (χ2n) is 6.56. The summed E-state index contributed by atoms with van der Waals surface area (Å²) in [5, 5.41) is 2.91. The van der Waals surface area contributed by atoms with Gasteiger partial charge in [0.15, 0.2) is 0 Å². The molecule has 6 heteroatoms. The van der Waals surface area contributed by atoms with Crippen LogP contribution < -0.4 is 5.32 Å². The van der Waals surface area contributed by atoms with E-state index in [1.807, 2.05) is 12.1 Å². The summed E-state index contributed by atoms with van der Waals surface area (Å²) in [6.45, 7) is 8.00. The molecular formula is C20H23NO5. The van der Waals surface area contributed by atoms with Gasteiger partial charge in [0.25, 0.3) is 5.91 Å². The van der Waals surface area contributed by atoms with E-state index in [0.717, 1.165) is 11.1 Å². The lowest BCUT2D eigenvalue weighted by atomic mass is 9.64. The molecule has 26 heavy (non-hydrogen) atoms. The number of hydrogen-bond acceptors (Lipinski definition) is 5. The molecular weight excluding hydrogens is 334 g/mol. The second kappa shape index (κ2) is 7.32. The number of benzene rings is 1. The SMILES string of the molecule is C=C1C[C@H](C(=O)OCC)[C@H](C(=O)OCC)[C@@H]2NC(=O)c3ccccc3C12. The minimum Gasteiger partial charge on any atom is -0.466 e. The molecule has 2 aliphatic rings. The molecule has 0 radical (unpaired) electrons. The van der Waals surface area contributed by atoms with Crippen LogP contribution in [0.15, 0.2) is 36.4 Å². The van der Waals surface area contributed by atoms with Crippen LogP contribution >= 0.6 is 0 Å². The Morgan fingerprint density at radius 1 is 1.15 bits per heavy atom. The molecule has 1 unspecified atom stereocenters. The highest BCUT2D eigenvalue weighted by atomic mass is 16.5. The first-order valence-corrected chi connectivity index (χ1v) is 8.90. The smallest absolute Gasteiger partial charge is 0.311 e. The Balaban J connectivity index is 2.05. The zero-order valence-electron chi connectivity index (χ0n) is 15.0. The second-order valence-corrected chi connectivity index (χ2v) is 6.56. The van der Waals surface area contributed by atoms with Crippen LogP contribution in [0.1, 0.15) is 42.1 Å². The number of esters is 2. The van der Waals surface area contributed by atoms with Gasteiger partial charge in [0.05, 0.1) is 31.1 Å². The number of amides is 1. The number of carbonyl (C=O) groups is 3. The molecule has 1 aromatic rings. The summed E-state index contributed by atoms with van der Waals surface area (Å²) < 4.78 is 10.4. The molecule has 0 saturated heterocycles. The molecule has 6 nitrogen and oxygen atoms in total. The van der Waals surface area contributed by atoms with Gasteiger partial charge in [0.1, 0.15) is 0 Å². The van der Waals surface area contributed by atoms with Crippen molar-refractivity contribution in [2.45, 2.75) is 32.2 Å². The summed E-state index contributed by atoms with van der Waals surface area (Å²) in [5.41, 5.74) is 2.22. The van der Waals surface area contributed by atoms with Crippen molar-refractivity contribution in [2.75, 3.05) is 13.2 Å². The highest BCUT2D eigenvalue weighted by molar-refractivity contribution is 5.98. The first kappa shape index (κ1) is 18.2. The van der Waals surface area contributed by atoms with E-state index in [4.69, 9.17) is 9.47 Å². The van der Waals surface area contributed by atoms with E-state index in [1.54, 1.807) is 26.0 Å². The fourth-order valence-electron chi connectivity index (χ4n) is 4.07. The van der Waals surface area contributed by atoms with Crippen molar-refractivity contribution in [1.29, 1.82) is 0 Å². The molecule has 1 aliphatic heterocycles. The Morgan fingerprint density at radius 2 is 1.81 bits per heavy atom. The lowest BCUT2D eigenvalue weighted by molar-refractivity contribution is -0.163. The van der Waals surface area contributed by atoms with Crippen molar-refractivity contribution < 1.29 is 23.9 Å². The van der Waals surface area contributed by atoms with Crippen LogP contribution in [0, 0.1) is 11.8 Å². The summed E-state index contributed by atoms with van der Waals surface area (Å²) in [6, 6.07) is 6.72. The van der Waals surface area contributed by atoms with Gasteiger partial charge in [-0.05, 0) is 31.9 Å². The van der Waals surface area contributed by atoms with Gasteiger partial charge < -0.3 is 14.8 Å². The lowest BCUT2D eigenvalue weighted by Crippen LogP contribution is -2.57. The number of rotatable bonds is 4. The molecule has 0 bridgehead atoms. The van der Waals surface area contributed by atoms with Gasteiger partial charge in [0.2, 0.25) is 0 Å². The maximum absolute atomic E-state index is 12.7. The molecule has 1 amide bonds. The Hall–Kier alpha value is -2.63. The Bertz CT molecular complexity index is 756. The molecule has 1 heterocycles. The predicted molar refractivity (Wildman–Crippen MR) is 94.4 cm³/mol. The van der Waals surface area contributed by atoms with Gasteiger partial charge in [-0.15, -0.1) is 0 Å². The maximum atomic E-state index is 12.7. The van der Waals surface area contributed by atoms with Crippen LogP contribution in [-0.4, -0.2) is 37.1 Å². The van der Waals surface area contributed by atoms with E-state index >= 15 is 0 Å². The molecule has 1 N–H and O–H groups in total. The minimum absolute atomic E-state index is 0.202. The van der Waals surface area contributed by atoms with Gasteiger partial charge in [0, 0.05) is 11.5 Å². The van der Waals surface area contributed by atoms with E-state index in [2.05, 4.69) is 11.9 Å². The molecule has 1 aromatic carbocycles. The van der Waals surface area contributed by atoms with Crippen LogP contribution in [0.2, 0.25) is 0 Å². The van der Waals surface area contributed by atoms with Crippen LogP contribution in [0.3, 0.4) is 0 Å². The quantitative estimate of drug-likeness (QED) is 0.660. The summed E-state index contributed by atoms with van der Waals surface area (Å²) in [6.07, 6.45) is 0.327. The van der Waals surface area contributed by atoms with Gasteiger partial charge in [-0.3, -0.25) is 14.4 Å². The first-order chi connectivity index (χ1) is 12.5. The third-order valence-corrected chi connectivity index (χ3v) is 5.09. The van der Waals surface area contributed by atoms with Crippen molar-refractivity contribution in [1.82, 2.24) is 5.32 Å². The average molecular weight is 357 g/mol. The van der Waals surface area contributed by atoms with Crippen molar-refractivity contribution in [3.05, 3.63) is 47.5 Å². The van der Waals surface area contributed by atoms with E-state index in [1.165, 1.54) is 0 Å². The van der Waals surface area contributed by atoms with Gasteiger partial charge in [-0.2, -0.15) is 0 Å². The highest BCUT2D eigenvalue weighted by Gasteiger charge is 2.52. The topological polar surface area (TPSA) is 81.7 Å². The van der Waals surface area contributed by atoms with Crippen LogP contribution in [0.25, 0.3) is 0 Å². The standard InChI is InChI=1S/C20H23NO5/c1-4-25-19(23)14-10-11(3)15-12-8-6-7-9-13(12)18(22)21-17(15)16(14)20(24)26-5-2/h6-9,14-17H,3-5,10H2,1-2H3,(H,21,22)/t14-,15?,16-,17+/m0/s1. The summed E-state index contributed by atoms with van der Waals surface area (Å²) >= 11 is 0. The summed E-state index contributed by atoms with van der Waals surface area (Å²) in [4.78, 5) is 37.7. The molecule has 1 saturated carbocycles. The van der Waals surface area contributed by atoms with Crippen molar-refractivity contribution in [3.63, 3.8) is 0 Å². The summed E-state index contributed by atoms with van der Waals surface area (Å²) in [5.74, 6) is -2.96. The van der Waals surface area contributed by atoms with Crippen molar-refractivity contribution in [3.8, 4) is 0 Å². The van der Waals surface area contributed by atoms with Crippen molar-refractivity contribution >= 4 is 17.8 Å². The third kappa shape index (κ3) is 3.00. The van der Waals surface area contributed by atoms with E-state index in [9.17, 15) is 14.4 Å². The van der Waals surface area contributed by atoms with Crippen LogP contribution in [0.5, 0.6) is 0 Å². The van der Waals surface area contributed by atoms with Gasteiger partial charge in [-0.25, -0.2) is 0 Å². The zero-order valence-corrected chi connectivity index (χ0v) is 15.0. The zero-order chi connectivity index (χ0) is 18.8. The molecule has 1 fully saturated rings. The van der Waals surface area contributed by atoms with Gasteiger partial charge >= 0.3 is 11.9 Å². The molecule has 0 spiro atoms. The van der Waals surface area contributed by atoms with Crippen LogP contribution in [0.4, 0.5) is 0 Å². The van der Waals surface area contributed by atoms with Crippen molar-refractivity contribution in [2.24, 2.45) is 11.8 Å². The monoisotopic (exact) mass is 357 g/mol. The predicted octanol–water partition coefficient (Wildman–Crippen LogP) is 2.20. The largest absolute Gasteiger partial charge is 0.466 e. The lowest BCUT2D eigenvalue weighted by Gasteiger charge is -2.45. The molecule has 4 atom stereocenters. The van der Waals surface area contributed by atoms with E-state index in [-0.39, 0.29) is 25.0 Å². The number of nitrogens with one attached hydrogen (secondary N) is 1. The molecule has 3 rings (SSSR count).